The fraction of sp³-hybridized carbons (Fsp3) is 0.217. The number of rotatable bonds is 5. The van der Waals surface area contributed by atoms with Crippen LogP contribution in [0.1, 0.15) is 38.1 Å². The Morgan fingerprint density at radius 2 is 1.91 bits per heavy atom. The molecule has 3 amide bonds. The molecule has 5 rings (SSSR count). The first-order valence-electron chi connectivity index (χ1n) is 10.2. The molecule has 0 bridgehead atoms. The molecule has 3 heterocycles. The van der Waals surface area contributed by atoms with Crippen LogP contribution >= 0.6 is 0 Å². The highest BCUT2D eigenvalue weighted by atomic mass is 16.5. The lowest BCUT2D eigenvalue weighted by Gasteiger charge is -2.40. The lowest BCUT2D eigenvalue weighted by Crippen LogP contribution is -2.50. The first-order valence-corrected chi connectivity index (χ1v) is 10.2. The number of ether oxygens (including phenoxy) is 2. The molecule has 10 nitrogen and oxygen atoms in total. The number of aromatic amines is 1. The number of hydrogen-bond acceptors (Lipinski definition) is 6. The van der Waals surface area contributed by atoms with Crippen LogP contribution in [0.5, 0.6) is 11.5 Å². The summed E-state index contributed by atoms with van der Waals surface area (Å²) in [6.45, 7) is 1.54. The van der Waals surface area contributed by atoms with E-state index in [1.807, 2.05) is 6.92 Å². The number of benzene rings is 2. The Labute approximate surface area is 189 Å². The Kier molecular flexibility index (Phi) is 4.77. The zero-order valence-corrected chi connectivity index (χ0v) is 18.2. The van der Waals surface area contributed by atoms with Crippen LogP contribution in [0.2, 0.25) is 0 Å². The molecular formula is C23H21N5O5. The molecule has 3 aromatic rings. The molecule has 2 aromatic carbocycles. The fourth-order valence-corrected chi connectivity index (χ4v) is 4.40. The third kappa shape index (κ3) is 3.10. The van der Waals surface area contributed by atoms with Crippen molar-refractivity contribution >= 4 is 29.2 Å². The van der Waals surface area contributed by atoms with Crippen molar-refractivity contribution in [2.75, 3.05) is 31.0 Å². The summed E-state index contributed by atoms with van der Waals surface area (Å²) >= 11 is 0. The van der Waals surface area contributed by atoms with Crippen molar-refractivity contribution in [1.29, 1.82) is 0 Å². The normalized spacial score (nSPS) is 16.3. The van der Waals surface area contributed by atoms with Gasteiger partial charge in [-0.15, -0.1) is 0 Å². The topological polar surface area (TPSA) is 117 Å². The van der Waals surface area contributed by atoms with Crippen LogP contribution in [0, 0.1) is 6.92 Å². The van der Waals surface area contributed by atoms with E-state index in [0.29, 0.717) is 33.9 Å². The van der Waals surface area contributed by atoms with E-state index in [1.54, 1.807) is 42.5 Å². The average molecular weight is 447 g/mol. The van der Waals surface area contributed by atoms with Gasteiger partial charge in [-0.25, -0.2) is 0 Å². The van der Waals surface area contributed by atoms with Crippen LogP contribution in [-0.4, -0.2) is 53.6 Å². The Morgan fingerprint density at radius 1 is 1.12 bits per heavy atom. The summed E-state index contributed by atoms with van der Waals surface area (Å²) in [6.07, 6.45) is -0.804. The number of fused-ring (bicyclic) bond motifs is 5. The van der Waals surface area contributed by atoms with Gasteiger partial charge in [0.25, 0.3) is 11.8 Å². The van der Waals surface area contributed by atoms with Crippen LogP contribution in [-0.2, 0) is 4.79 Å². The lowest BCUT2D eigenvalue weighted by atomic mass is 10.0. The summed E-state index contributed by atoms with van der Waals surface area (Å²) in [5.74, 6) is -0.0725. The first-order chi connectivity index (χ1) is 15.9. The molecule has 2 aliphatic rings. The molecule has 0 saturated carbocycles. The van der Waals surface area contributed by atoms with Gasteiger partial charge in [0, 0.05) is 17.3 Å². The van der Waals surface area contributed by atoms with E-state index in [0.717, 1.165) is 5.69 Å². The highest BCUT2D eigenvalue weighted by Gasteiger charge is 2.50. The van der Waals surface area contributed by atoms with Crippen molar-refractivity contribution in [2.24, 2.45) is 0 Å². The van der Waals surface area contributed by atoms with Gasteiger partial charge in [-0.05, 0) is 25.1 Å². The average Bonchev–Trinajstić information content (AvgIpc) is 3.36. The van der Waals surface area contributed by atoms with Crippen LogP contribution in [0.25, 0.3) is 0 Å². The predicted octanol–water partition coefficient (Wildman–Crippen LogP) is 2.49. The Hall–Kier alpha value is -4.34. The van der Waals surface area contributed by atoms with Crippen LogP contribution in [0.15, 0.2) is 42.5 Å². The minimum absolute atomic E-state index is 0.276. The molecule has 0 radical (unpaired) electrons. The number of amides is 3. The molecule has 0 fully saturated rings. The number of nitrogens with one attached hydrogen (secondary N) is 2. The Bertz CT molecular complexity index is 1300. The third-order valence-electron chi connectivity index (χ3n) is 5.77. The van der Waals surface area contributed by atoms with Gasteiger partial charge in [0.15, 0.2) is 17.3 Å². The van der Waals surface area contributed by atoms with E-state index in [-0.39, 0.29) is 24.1 Å². The lowest BCUT2D eigenvalue weighted by molar-refractivity contribution is -0.117. The SMILES string of the molecule is COc1ccc2c(c1OC)C(=O)N1c3ccccc3C(=O)N(CC(=O)Nc3cc(C)[nH]n3)C21. The van der Waals surface area contributed by atoms with E-state index in [2.05, 4.69) is 15.5 Å². The number of anilines is 2. The van der Waals surface area contributed by atoms with Crippen molar-refractivity contribution in [2.45, 2.75) is 13.1 Å². The molecule has 0 spiro atoms. The predicted molar refractivity (Wildman–Crippen MR) is 119 cm³/mol. The second kappa shape index (κ2) is 7.66. The fourth-order valence-electron chi connectivity index (χ4n) is 4.40. The number of hydrogen-bond donors (Lipinski definition) is 2. The number of aryl methyl sites for hydroxylation is 1. The molecular weight excluding hydrogens is 426 g/mol. The highest BCUT2D eigenvalue weighted by molar-refractivity contribution is 6.18. The van der Waals surface area contributed by atoms with Crippen molar-refractivity contribution in [3.63, 3.8) is 0 Å². The first kappa shape index (κ1) is 20.6. The van der Waals surface area contributed by atoms with Gasteiger partial charge in [-0.2, -0.15) is 5.10 Å². The number of carbonyl (C=O) groups is 3. The van der Waals surface area contributed by atoms with E-state index in [1.165, 1.54) is 24.0 Å². The quantitative estimate of drug-likeness (QED) is 0.621. The number of para-hydroxylation sites is 1. The smallest absolute Gasteiger partial charge is 0.264 e. The molecule has 1 unspecified atom stereocenters. The number of aromatic nitrogens is 2. The second-order valence-electron chi connectivity index (χ2n) is 7.75. The molecule has 1 atom stereocenters. The number of nitrogens with zero attached hydrogens (tertiary/aromatic N) is 3. The summed E-state index contributed by atoms with van der Waals surface area (Å²) in [4.78, 5) is 42.8. The summed E-state index contributed by atoms with van der Waals surface area (Å²) in [5.41, 5.74) is 2.47. The van der Waals surface area contributed by atoms with Crippen LogP contribution in [0.4, 0.5) is 11.5 Å². The van der Waals surface area contributed by atoms with Gasteiger partial charge in [-0.1, -0.05) is 18.2 Å². The highest BCUT2D eigenvalue weighted by Crippen LogP contribution is 2.49. The monoisotopic (exact) mass is 447 g/mol. The molecule has 1 aromatic heterocycles. The van der Waals surface area contributed by atoms with Crippen molar-refractivity contribution in [3.05, 3.63) is 64.8 Å². The zero-order chi connectivity index (χ0) is 23.3. The zero-order valence-electron chi connectivity index (χ0n) is 18.2. The van der Waals surface area contributed by atoms with E-state index >= 15 is 0 Å². The van der Waals surface area contributed by atoms with Crippen molar-refractivity contribution < 1.29 is 23.9 Å². The maximum atomic E-state index is 13.6. The van der Waals surface area contributed by atoms with Crippen LogP contribution in [0.3, 0.4) is 0 Å². The second-order valence-corrected chi connectivity index (χ2v) is 7.75. The van der Waals surface area contributed by atoms with Gasteiger partial charge < -0.3 is 19.7 Å². The minimum Gasteiger partial charge on any atom is -0.493 e. The molecule has 168 valence electrons. The van der Waals surface area contributed by atoms with Gasteiger partial charge in [0.1, 0.15) is 12.7 Å². The number of carbonyl (C=O) groups excluding carboxylic acids is 3. The number of methoxy groups -OCH3 is 2. The van der Waals surface area contributed by atoms with Gasteiger partial charge in [0.05, 0.1) is 31.0 Å². The van der Waals surface area contributed by atoms with Crippen LogP contribution < -0.4 is 19.7 Å². The minimum atomic E-state index is -0.804. The van der Waals surface area contributed by atoms with Gasteiger partial charge in [0.2, 0.25) is 5.91 Å². The van der Waals surface area contributed by atoms with E-state index in [9.17, 15) is 14.4 Å². The molecule has 33 heavy (non-hydrogen) atoms. The molecule has 2 N–H and O–H groups in total. The standard InChI is InChI=1S/C23H21N5O5/c1-12-10-17(26-25-12)24-18(29)11-27-21-14-8-9-16(32-2)20(33-3)19(14)23(31)28(21)15-7-5-4-6-13(15)22(27)30/h4-10,21H,11H2,1-3H3,(H2,24,25,26,29). The molecule has 10 heteroatoms. The molecule has 0 aliphatic carbocycles. The largest absolute Gasteiger partial charge is 0.493 e. The summed E-state index contributed by atoms with van der Waals surface area (Å²) in [6, 6.07) is 11.9. The van der Waals surface area contributed by atoms with E-state index < -0.39 is 12.1 Å². The van der Waals surface area contributed by atoms with Gasteiger partial charge in [-0.3, -0.25) is 24.4 Å². The van der Waals surface area contributed by atoms with Crippen molar-refractivity contribution in [1.82, 2.24) is 15.1 Å². The van der Waals surface area contributed by atoms with E-state index in [4.69, 9.17) is 9.47 Å². The number of H-pyrrole nitrogens is 1. The Morgan fingerprint density at radius 3 is 2.61 bits per heavy atom. The Balaban J connectivity index is 1.60. The van der Waals surface area contributed by atoms with Crippen molar-refractivity contribution in [3.8, 4) is 11.5 Å². The molecule has 0 saturated heterocycles. The maximum Gasteiger partial charge on any atom is 0.264 e. The maximum absolute atomic E-state index is 13.6. The van der Waals surface area contributed by atoms with Gasteiger partial charge >= 0.3 is 0 Å². The summed E-state index contributed by atoms with van der Waals surface area (Å²) in [5, 5.41) is 9.45. The third-order valence-corrected chi connectivity index (χ3v) is 5.77. The summed E-state index contributed by atoms with van der Waals surface area (Å²) in [7, 11) is 2.95. The summed E-state index contributed by atoms with van der Waals surface area (Å²) < 4.78 is 10.9. The molecule has 2 aliphatic heterocycles.